The van der Waals surface area contributed by atoms with Gasteiger partial charge in [0.1, 0.15) is 0 Å². The van der Waals surface area contributed by atoms with Crippen LogP contribution in [-0.2, 0) is 9.53 Å². The van der Waals surface area contributed by atoms with Crippen LogP contribution in [0.15, 0.2) is 12.1 Å². The van der Waals surface area contributed by atoms with Crippen molar-refractivity contribution >= 4 is 23.3 Å². The lowest BCUT2D eigenvalue weighted by atomic mass is 10.0. The van der Waals surface area contributed by atoms with Crippen molar-refractivity contribution in [3.05, 3.63) is 51.3 Å². The van der Waals surface area contributed by atoms with Gasteiger partial charge in [0.05, 0.1) is 30.5 Å². The molecule has 7 heteroatoms. The molecule has 0 unspecified atom stereocenters. The van der Waals surface area contributed by atoms with E-state index in [0.29, 0.717) is 22.5 Å². The van der Waals surface area contributed by atoms with Gasteiger partial charge in [0.15, 0.2) is 5.78 Å². The number of ketones is 1. The zero-order valence-corrected chi connectivity index (χ0v) is 19.7. The maximum absolute atomic E-state index is 13.1. The molecule has 0 aliphatic rings. The predicted octanol–water partition coefficient (Wildman–Crippen LogP) is 3.88. The summed E-state index contributed by atoms with van der Waals surface area (Å²) in [7, 11) is 1.73. The molecule has 0 spiro atoms. The maximum Gasteiger partial charge on any atom is 0.340 e. The molecule has 2 N–H and O–H groups in total. The summed E-state index contributed by atoms with van der Waals surface area (Å²) < 4.78 is 5.09. The third-order valence-electron chi connectivity index (χ3n) is 5.54. The van der Waals surface area contributed by atoms with Gasteiger partial charge in [-0.25, -0.2) is 4.79 Å². The molecule has 1 amide bonds. The number of rotatable bonds is 8. The van der Waals surface area contributed by atoms with E-state index in [0.717, 1.165) is 22.4 Å². The van der Waals surface area contributed by atoms with E-state index in [1.165, 1.54) is 0 Å². The lowest BCUT2D eigenvalue weighted by Gasteiger charge is -2.23. The summed E-state index contributed by atoms with van der Waals surface area (Å²) in [6.07, 6.45) is 0. The number of nitrogens with one attached hydrogen (secondary N) is 2. The molecule has 1 atom stereocenters. The van der Waals surface area contributed by atoms with Crippen molar-refractivity contribution in [2.24, 2.45) is 0 Å². The number of likely N-dealkylation sites (N-methyl/N-ethyl adjacent to an activating group) is 1. The second-order valence-electron chi connectivity index (χ2n) is 8.12. The monoisotopic (exact) mass is 427 g/mol. The molecule has 1 heterocycles. The molecule has 31 heavy (non-hydrogen) atoms. The van der Waals surface area contributed by atoms with Gasteiger partial charge in [-0.1, -0.05) is 17.7 Å². The number of nitrogens with zero attached hydrogens (tertiary/aromatic N) is 1. The number of esters is 1. The first kappa shape index (κ1) is 24.3. The molecule has 168 valence electrons. The first-order chi connectivity index (χ1) is 14.5. The van der Waals surface area contributed by atoms with Gasteiger partial charge in [-0.15, -0.1) is 0 Å². The number of hydrogen-bond acceptors (Lipinski definition) is 5. The number of carbonyl (C=O) groups excluding carboxylic acids is 3. The zero-order valence-electron chi connectivity index (χ0n) is 19.7. The predicted molar refractivity (Wildman–Crippen MR) is 122 cm³/mol. The lowest BCUT2D eigenvalue weighted by Crippen LogP contribution is -2.41. The van der Waals surface area contributed by atoms with Crippen LogP contribution in [-0.4, -0.2) is 53.8 Å². The summed E-state index contributed by atoms with van der Waals surface area (Å²) in [6, 6.07) is 3.49. The van der Waals surface area contributed by atoms with Crippen molar-refractivity contribution in [2.45, 2.75) is 54.5 Å². The lowest BCUT2D eigenvalue weighted by molar-refractivity contribution is -0.117. The molecule has 0 saturated carbocycles. The summed E-state index contributed by atoms with van der Waals surface area (Å²) in [6.45, 7) is 13.2. The molecule has 0 saturated heterocycles. The minimum atomic E-state index is -0.558. The van der Waals surface area contributed by atoms with Gasteiger partial charge >= 0.3 is 5.97 Å². The number of anilines is 1. The Balaban J connectivity index is 2.12. The summed E-state index contributed by atoms with van der Waals surface area (Å²) in [4.78, 5) is 42.6. The number of amides is 1. The summed E-state index contributed by atoms with van der Waals surface area (Å²) >= 11 is 0. The van der Waals surface area contributed by atoms with Crippen LogP contribution in [0.3, 0.4) is 0 Å². The molecular formula is C24H33N3O4. The van der Waals surface area contributed by atoms with Crippen LogP contribution >= 0.6 is 0 Å². The Hall–Kier alpha value is -2.93. The Morgan fingerprint density at radius 3 is 2.23 bits per heavy atom. The topological polar surface area (TPSA) is 91.5 Å². The number of Topliss-reactive ketones (excluding diaryl/α,β-unsaturated/α-hetero) is 1. The number of H-pyrrole nitrogens is 1. The zero-order chi connectivity index (χ0) is 23.5. The Kier molecular flexibility index (Phi) is 7.79. The standard InChI is InChI=1S/C24H33N3O4/c1-9-31-24(30)20-16(5)22(25-17(20)6)23(29)18(7)27(8)12-19(28)26-21-14(3)10-13(2)11-15(21)4/h10-11,18,25H,9,12H2,1-8H3,(H,26,28)/t18-/m0/s1. The average molecular weight is 428 g/mol. The van der Waals surface area contributed by atoms with E-state index in [1.54, 1.807) is 39.6 Å². The smallest absolute Gasteiger partial charge is 0.340 e. The van der Waals surface area contributed by atoms with Crippen molar-refractivity contribution in [1.82, 2.24) is 9.88 Å². The van der Waals surface area contributed by atoms with Crippen LogP contribution in [0.2, 0.25) is 0 Å². The third kappa shape index (κ3) is 5.41. The highest BCUT2D eigenvalue weighted by atomic mass is 16.5. The van der Waals surface area contributed by atoms with Crippen LogP contribution in [0.25, 0.3) is 0 Å². The second-order valence-corrected chi connectivity index (χ2v) is 8.12. The number of benzene rings is 1. The minimum Gasteiger partial charge on any atom is -0.462 e. The highest BCUT2D eigenvalue weighted by Gasteiger charge is 2.28. The SMILES string of the molecule is CCOC(=O)c1c(C)[nH]c(C(=O)[C@H](C)N(C)CC(=O)Nc2c(C)cc(C)cc2C)c1C. The second kappa shape index (κ2) is 9.92. The summed E-state index contributed by atoms with van der Waals surface area (Å²) in [5.74, 6) is -0.824. The van der Waals surface area contributed by atoms with Gasteiger partial charge in [0.2, 0.25) is 5.91 Å². The Morgan fingerprint density at radius 2 is 1.68 bits per heavy atom. The number of aromatic amines is 1. The Morgan fingerprint density at radius 1 is 1.10 bits per heavy atom. The molecule has 0 aliphatic heterocycles. The van der Waals surface area contributed by atoms with E-state index >= 15 is 0 Å². The van der Waals surface area contributed by atoms with Crippen molar-refractivity contribution in [3.63, 3.8) is 0 Å². The summed E-state index contributed by atoms with van der Waals surface area (Å²) in [5, 5.41) is 2.96. The molecule has 0 aliphatic carbocycles. The van der Waals surface area contributed by atoms with Gasteiger partial charge in [0.25, 0.3) is 0 Å². The van der Waals surface area contributed by atoms with Crippen LogP contribution < -0.4 is 5.32 Å². The normalized spacial score (nSPS) is 12.0. The highest BCUT2D eigenvalue weighted by Crippen LogP contribution is 2.23. The number of aromatic nitrogens is 1. The Bertz CT molecular complexity index is 983. The largest absolute Gasteiger partial charge is 0.462 e. The van der Waals surface area contributed by atoms with Gasteiger partial charge < -0.3 is 15.0 Å². The van der Waals surface area contributed by atoms with E-state index in [9.17, 15) is 14.4 Å². The van der Waals surface area contributed by atoms with Gasteiger partial charge in [0, 0.05) is 11.4 Å². The number of ether oxygens (including phenoxy) is 1. The van der Waals surface area contributed by atoms with Crippen LogP contribution in [0.1, 0.15) is 62.6 Å². The van der Waals surface area contributed by atoms with Gasteiger partial charge in [-0.2, -0.15) is 0 Å². The van der Waals surface area contributed by atoms with E-state index in [2.05, 4.69) is 10.3 Å². The fraction of sp³-hybridized carbons (Fsp3) is 0.458. The molecule has 1 aromatic carbocycles. The minimum absolute atomic E-state index is 0.0587. The third-order valence-corrected chi connectivity index (χ3v) is 5.54. The highest BCUT2D eigenvalue weighted by molar-refractivity contribution is 6.04. The van der Waals surface area contributed by atoms with Crippen molar-refractivity contribution in [3.8, 4) is 0 Å². The van der Waals surface area contributed by atoms with Crippen molar-refractivity contribution in [2.75, 3.05) is 25.5 Å². The average Bonchev–Trinajstić information content (AvgIpc) is 2.97. The van der Waals surface area contributed by atoms with Crippen LogP contribution in [0.5, 0.6) is 0 Å². The van der Waals surface area contributed by atoms with Crippen LogP contribution in [0, 0.1) is 34.6 Å². The van der Waals surface area contributed by atoms with Gasteiger partial charge in [-0.3, -0.25) is 14.5 Å². The molecule has 2 rings (SSSR count). The fourth-order valence-electron chi connectivity index (χ4n) is 3.83. The van der Waals surface area contributed by atoms with Crippen LogP contribution in [0.4, 0.5) is 5.69 Å². The molecule has 0 fully saturated rings. The van der Waals surface area contributed by atoms with Crippen molar-refractivity contribution in [1.29, 1.82) is 0 Å². The number of hydrogen-bond donors (Lipinski definition) is 2. The molecular weight excluding hydrogens is 394 g/mol. The number of aryl methyl sites for hydroxylation is 4. The van der Waals surface area contributed by atoms with Gasteiger partial charge in [-0.05, 0) is 72.2 Å². The van der Waals surface area contributed by atoms with E-state index in [4.69, 9.17) is 4.74 Å². The maximum atomic E-state index is 13.1. The quantitative estimate of drug-likeness (QED) is 0.493. The molecule has 1 aromatic heterocycles. The molecule has 0 radical (unpaired) electrons. The molecule has 7 nitrogen and oxygen atoms in total. The fourth-order valence-corrected chi connectivity index (χ4v) is 3.83. The van der Waals surface area contributed by atoms with E-state index in [1.807, 2.05) is 32.9 Å². The van der Waals surface area contributed by atoms with E-state index < -0.39 is 12.0 Å². The Labute approximate surface area is 184 Å². The van der Waals surface area contributed by atoms with E-state index in [-0.39, 0.29) is 24.8 Å². The molecule has 0 bridgehead atoms. The number of carbonyl (C=O) groups is 3. The molecule has 2 aromatic rings. The summed E-state index contributed by atoms with van der Waals surface area (Å²) in [5.41, 5.74) is 5.87. The van der Waals surface area contributed by atoms with Crippen molar-refractivity contribution < 1.29 is 19.1 Å². The first-order valence-corrected chi connectivity index (χ1v) is 10.5. The first-order valence-electron chi connectivity index (χ1n) is 10.5.